The molecular formula is C11H22N4O3S. The summed E-state index contributed by atoms with van der Waals surface area (Å²) in [5.41, 5.74) is 6.01. The molecule has 1 aliphatic carbocycles. The first kappa shape index (κ1) is 14.7. The van der Waals surface area contributed by atoms with Crippen molar-refractivity contribution in [1.82, 2.24) is 9.21 Å². The number of hydrogen-bond acceptors (Lipinski definition) is 4. The number of hydrogen-bond donors (Lipinski definition) is 2. The normalized spacial score (nSPS) is 30.3. The molecule has 2 aliphatic rings. The average molecular weight is 290 g/mol. The van der Waals surface area contributed by atoms with E-state index in [9.17, 15) is 13.2 Å². The molecule has 1 aliphatic heterocycles. The molecule has 8 heteroatoms. The minimum Gasteiger partial charge on any atom is -0.340 e. The minimum absolute atomic E-state index is 0.0579. The molecule has 7 nitrogen and oxygen atoms in total. The predicted molar refractivity (Wildman–Crippen MR) is 71.2 cm³/mol. The van der Waals surface area contributed by atoms with Gasteiger partial charge in [0.15, 0.2) is 0 Å². The third-order valence-corrected chi connectivity index (χ3v) is 5.13. The zero-order valence-electron chi connectivity index (χ0n) is 11.0. The predicted octanol–water partition coefficient (Wildman–Crippen LogP) is -1.15. The fourth-order valence-corrected chi connectivity index (χ4v) is 3.54. The summed E-state index contributed by atoms with van der Waals surface area (Å²) in [5.74, 6) is -0.0314. The highest BCUT2D eigenvalue weighted by Gasteiger charge is 2.34. The van der Waals surface area contributed by atoms with E-state index >= 15 is 0 Å². The van der Waals surface area contributed by atoms with Crippen molar-refractivity contribution < 1.29 is 13.2 Å². The molecular weight excluding hydrogens is 268 g/mol. The Labute approximate surface area is 114 Å². The number of carbonyl (C=O) groups excluding carboxylic acids is 1. The molecule has 2 unspecified atom stereocenters. The smallest absolute Gasteiger partial charge is 0.277 e. The highest BCUT2D eigenvalue weighted by Crippen LogP contribution is 2.25. The molecule has 1 amide bonds. The summed E-state index contributed by atoms with van der Waals surface area (Å²) in [6, 6.07) is -0.0579. The van der Waals surface area contributed by atoms with E-state index in [0.717, 1.165) is 25.7 Å². The lowest BCUT2D eigenvalue weighted by molar-refractivity contribution is -0.138. The lowest BCUT2D eigenvalue weighted by Gasteiger charge is -2.37. The van der Waals surface area contributed by atoms with Gasteiger partial charge in [-0.1, -0.05) is 12.8 Å². The molecule has 0 bridgehead atoms. The topological polar surface area (TPSA) is 110 Å². The summed E-state index contributed by atoms with van der Waals surface area (Å²) < 4.78 is 23.6. The SMILES string of the molecule is NC1CCCCC1C(=O)N1CCN(S(N)(=O)=O)CC1. The molecule has 0 aromatic carbocycles. The molecule has 2 fully saturated rings. The first-order valence-corrected chi connectivity index (χ1v) is 8.22. The summed E-state index contributed by atoms with van der Waals surface area (Å²) in [7, 11) is -3.64. The molecule has 1 heterocycles. The van der Waals surface area contributed by atoms with Crippen LogP contribution >= 0.6 is 0 Å². The van der Waals surface area contributed by atoms with E-state index in [2.05, 4.69) is 0 Å². The van der Waals surface area contributed by atoms with Crippen LogP contribution in [0.5, 0.6) is 0 Å². The van der Waals surface area contributed by atoms with Gasteiger partial charge in [0.25, 0.3) is 10.2 Å². The number of rotatable bonds is 2. The Morgan fingerprint density at radius 1 is 1.05 bits per heavy atom. The highest BCUT2D eigenvalue weighted by atomic mass is 32.2. The van der Waals surface area contributed by atoms with E-state index in [1.165, 1.54) is 4.31 Å². The van der Waals surface area contributed by atoms with Gasteiger partial charge in [-0.15, -0.1) is 0 Å². The molecule has 0 radical (unpaired) electrons. The van der Waals surface area contributed by atoms with Crippen LogP contribution in [0.3, 0.4) is 0 Å². The van der Waals surface area contributed by atoms with E-state index in [4.69, 9.17) is 10.9 Å². The molecule has 1 saturated carbocycles. The monoisotopic (exact) mass is 290 g/mol. The maximum Gasteiger partial charge on any atom is 0.277 e. The Hall–Kier alpha value is -0.700. The number of amides is 1. The Kier molecular flexibility index (Phi) is 4.44. The van der Waals surface area contributed by atoms with Gasteiger partial charge >= 0.3 is 0 Å². The highest BCUT2D eigenvalue weighted by molar-refractivity contribution is 7.86. The Bertz CT molecular complexity index is 431. The minimum atomic E-state index is -3.64. The molecule has 0 aromatic rings. The van der Waals surface area contributed by atoms with Crippen LogP contribution in [0, 0.1) is 5.92 Å². The fourth-order valence-electron chi connectivity index (χ4n) is 2.86. The van der Waals surface area contributed by atoms with Crippen molar-refractivity contribution in [3.05, 3.63) is 0 Å². The van der Waals surface area contributed by atoms with Gasteiger partial charge in [0, 0.05) is 32.2 Å². The second-order valence-corrected chi connectivity index (χ2v) is 6.87. The lowest BCUT2D eigenvalue weighted by atomic mass is 9.84. The first-order chi connectivity index (χ1) is 8.89. The van der Waals surface area contributed by atoms with Crippen LogP contribution in [0.1, 0.15) is 25.7 Å². The quantitative estimate of drug-likeness (QED) is 0.669. The maximum absolute atomic E-state index is 12.4. The molecule has 110 valence electrons. The average Bonchev–Trinajstić information content (AvgIpc) is 2.38. The van der Waals surface area contributed by atoms with Gasteiger partial charge in [0.2, 0.25) is 5.91 Å². The summed E-state index contributed by atoms with van der Waals surface area (Å²) >= 11 is 0. The van der Waals surface area contributed by atoms with Crippen LogP contribution in [-0.4, -0.2) is 55.8 Å². The molecule has 0 spiro atoms. The third kappa shape index (κ3) is 3.44. The van der Waals surface area contributed by atoms with Crippen molar-refractivity contribution in [2.75, 3.05) is 26.2 Å². The van der Waals surface area contributed by atoms with E-state index in [1.807, 2.05) is 0 Å². The van der Waals surface area contributed by atoms with Crippen LogP contribution in [-0.2, 0) is 15.0 Å². The lowest BCUT2D eigenvalue weighted by Crippen LogP contribution is -2.55. The van der Waals surface area contributed by atoms with Crippen molar-refractivity contribution in [2.45, 2.75) is 31.7 Å². The number of carbonyl (C=O) groups is 1. The van der Waals surface area contributed by atoms with Crippen molar-refractivity contribution in [3.63, 3.8) is 0 Å². The van der Waals surface area contributed by atoms with Crippen molar-refractivity contribution in [2.24, 2.45) is 16.8 Å². The van der Waals surface area contributed by atoms with E-state index in [1.54, 1.807) is 4.90 Å². The molecule has 19 heavy (non-hydrogen) atoms. The molecule has 1 saturated heterocycles. The van der Waals surface area contributed by atoms with Gasteiger partial charge in [0.05, 0.1) is 5.92 Å². The van der Waals surface area contributed by atoms with Gasteiger partial charge in [-0.3, -0.25) is 4.79 Å². The van der Waals surface area contributed by atoms with Gasteiger partial charge < -0.3 is 10.6 Å². The summed E-state index contributed by atoms with van der Waals surface area (Å²) in [6.45, 7) is 1.34. The zero-order valence-corrected chi connectivity index (χ0v) is 11.8. The van der Waals surface area contributed by atoms with E-state index in [0.29, 0.717) is 13.1 Å². The van der Waals surface area contributed by atoms with Crippen molar-refractivity contribution in [3.8, 4) is 0 Å². The standard InChI is InChI=1S/C11H22N4O3S/c12-10-4-2-1-3-9(10)11(16)14-5-7-15(8-6-14)19(13,17)18/h9-10H,1-8,12H2,(H2,13,17,18). The van der Waals surface area contributed by atoms with Crippen LogP contribution in [0.25, 0.3) is 0 Å². The van der Waals surface area contributed by atoms with Crippen molar-refractivity contribution in [1.29, 1.82) is 0 Å². The van der Waals surface area contributed by atoms with Crippen LogP contribution in [0.15, 0.2) is 0 Å². The molecule has 4 N–H and O–H groups in total. The Morgan fingerprint density at radius 3 is 2.16 bits per heavy atom. The van der Waals surface area contributed by atoms with Crippen LogP contribution in [0.2, 0.25) is 0 Å². The van der Waals surface area contributed by atoms with Crippen LogP contribution < -0.4 is 10.9 Å². The second-order valence-electron chi connectivity index (χ2n) is 5.32. The fraction of sp³-hybridized carbons (Fsp3) is 0.909. The molecule has 2 rings (SSSR count). The third-order valence-electron chi connectivity index (χ3n) is 4.05. The van der Waals surface area contributed by atoms with Gasteiger partial charge in [-0.2, -0.15) is 12.7 Å². The largest absolute Gasteiger partial charge is 0.340 e. The van der Waals surface area contributed by atoms with E-state index in [-0.39, 0.29) is 31.0 Å². The van der Waals surface area contributed by atoms with Gasteiger partial charge in [0.1, 0.15) is 0 Å². The summed E-state index contributed by atoms with van der Waals surface area (Å²) in [4.78, 5) is 14.1. The molecule has 2 atom stereocenters. The van der Waals surface area contributed by atoms with Crippen LogP contribution in [0.4, 0.5) is 0 Å². The first-order valence-electron chi connectivity index (χ1n) is 6.72. The Balaban J connectivity index is 1.92. The Morgan fingerprint density at radius 2 is 1.63 bits per heavy atom. The number of nitrogens with zero attached hydrogens (tertiary/aromatic N) is 2. The molecule has 0 aromatic heterocycles. The van der Waals surface area contributed by atoms with Gasteiger partial charge in [-0.25, -0.2) is 5.14 Å². The second kappa shape index (κ2) is 5.74. The zero-order chi connectivity index (χ0) is 14.0. The summed E-state index contributed by atoms with van der Waals surface area (Å²) in [6.07, 6.45) is 3.87. The maximum atomic E-state index is 12.4. The van der Waals surface area contributed by atoms with Crippen molar-refractivity contribution >= 4 is 16.1 Å². The number of piperazine rings is 1. The van der Waals surface area contributed by atoms with E-state index < -0.39 is 10.2 Å². The number of nitrogens with two attached hydrogens (primary N) is 2. The van der Waals surface area contributed by atoms with Gasteiger partial charge in [-0.05, 0) is 12.8 Å². The summed E-state index contributed by atoms with van der Waals surface area (Å²) in [5, 5.41) is 5.07.